The number of nitrogens with one attached hydrogen (secondary N) is 1. The van der Waals surface area contributed by atoms with Gasteiger partial charge in [-0.25, -0.2) is 4.98 Å². The maximum Gasteiger partial charge on any atom is 0.181 e. The van der Waals surface area contributed by atoms with Gasteiger partial charge in [-0.1, -0.05) is 6.07 Å². The van der Waals surface area contributed by atoms with Crippen LogP contribution in [0.15, 0.2) is 29.0 Å². The maximum absolute atomic E-state index is 5.80. The number of fused-ring (bicyclic) bond motifs is 1. The van der Waals surface area contributed by atoms with E-state index in [4.69, 9.17) is 10.2 Å². The van der Waals surface area contributed by atoms with E-state index in [0.717, 1.165) is 27.9 Å². The number of hydrogen-bond donors (Lipinski definition) is 2. The molecule has 0 unspecified atom stereocenters. The van der Waals surface area contributed by atoms with Gasteiger partial charge >= 0.3 is 0 Å². The molecule has 0 fully saturated rings. The van der Waals surface area contributed by atoms with Gasteiger partial charge < -0.3 is 10.2 Å². The minimum atomic E-state index is 0.497. The number of oxazole rings is 1. The fourth-order valence-corrected chi connectivity index (χ4v) is 1.82. The largest absolute Gasteiger partial charge is 0.443 e. The Morgan fingerprint density at radius 2 is 2.25 bits per heavy atom. The van der Waals surface area contributed by atoms with Crippen LogP contribution in [0, 0.1) is 6.92 Å². The Bertz CT molecular complexity index is 633. The molecule has 5 nitrogen and oxygen atoms in total. The summed E-state index contributed by atoms with van der Waals surface area (Å²) in [6.45, 7) is 1.93. The van der Waals surface area contributed by atoms with E-state index in [1.807, 2.05) is 25.1 Å². The van der Waals surface area contributed by atoms with Gasteiger partial charge in [-0.05, 0) is 24.6 Å². The van der Waals surface area contributed by atoms with Crippen LogP contribution in [0.25, 0.3) is 22.2 Å². The Kier molecular flexibility index (Phi) is 1.73. The second kappa shape index (κ2) is 3.10. The van der Waals surface area contributed by atoms with Crippen LogP contribution in [0.2, 0.25) is 0 Å². The molecule has 0 aliphatic heterocycles. The van der Waals surface area contributed by atoms with E-state index in [2.05, 4.69) is 15.2 Å². The van der Waals surface area contributed by atoms with E-state index in [-0.39, 0.29) is 0 Å². The van der Waals surface area contributed by atoms with Gasteiger partial charge in [0, 0.05) is 11.3 Å². The van der Waals surface area contributed by atoms with Crippen molar-refractivity contribution in [2.75, 3.05) is 5.73 Å². The number of rotatable bonds is 1. The fraction of sp³-hybridized carbons (Fsp3) is 0.0909. The van der Waals surface area contributed by atoms with E-state index in [1.165, 1.54) is 6.39 Å². The van der Waals surface area contributed by atoms with E-state index < -0.39 is 0 Å². The number of benzene rings is 1. The highest BCUT2D eigenvalue weighted by Gasteiger charge is 2.11. The highest BCUT2D eigenvalue weighted by molar-refractivity contribution is 5.84. The number of nitrogens with two attached hydrogens (primary N) is 1. The average molecular weight is 214 g/mol. The summed E-state index contributed by atoms with van der Waals surface area (Å²) in [5.74, 6) is 0.497. The van der Waals surface area contributed by atoms with Gasteiger partial charge in [0.1, 0.15) is 5.52 Å². The minimum Gasteiger partial charge on any atom is -0.443 e. The minimum absolute atomic E-state index is 0.497. The zero-order valence-corrected chi connectivity index (χ0v) is 8.69. The van der Waals surface area contributed by atoms with Crippen molar-refractivity contribution in [1.29, 1.82) is 0 Å². The second-order valence-electron chi connectivity index (χ2n) is 3.64. The molecule has 0 amide bonds. The number of nitrogens with zero attached hydrogens (tertiary/aromatic N) is 2. The van der Waals surface area contributed by atoms with Crippen molar-refractivity contribution in [3.05, 3.63) is 30.3 Å². The Morgan fingerprint density at radius 3 is 3.00 bits per heavy atom. The number of hydrogen-bond acceptors (Lipinski definition) is 4. The van der Waals surface area contributed by atoms with E-state index >= 15 is 0 Å². The first-order valence-electron chi connectivity index (χ1n) is 4.90. The van der Waals surface area contributed by atoms with Crippen LogP contribution in [-0.4, -0.2) is 15.2 Å². The van der Waals surface area contributed by atoms with Crippen molar-refractivity contribution in [3.63, 3.8) is 0 Å². The molecule has 0 bridgehead atoms. The van der Waals surface area contributed by atoms with Crippen LogP contribution in [0.3, 0.4) is 0 Å². The molecule has 0 saturated heterocycles. The van der Waals surface area contributed by atoms with Gasteiger partial charge in [0.2, 0.25) is 0 Å². The average Bonchev–Trinajstić information content (AvgIpc) is 2.85. The third-order valence-corrected chi connectivity index (χ3v) is 2.60. The molecule has 0 saturated carbocycles. The van der Waals surface area contributed by atoms with Crippen LogP contribution in [0.1, 0.15) is 5.69 Å². The highest BCUT2D eigenvalue weighted by Crippen LogP contribution is 2.29. The standard InChI is InChI=1S/C11H10N4O/c1-6-10(11(12)15-14-6)7-2-3-8-9(4-7)16-5-13-8/h2-5H,1H3,(H3,12,14,15). The first-order chi connectivity index (χ1) is 7.75. The molecule has 3 aromatic rings. The number of aromatic amines is 1. The first-order valence-corrected chi connectivity index (χ1v) is 4.90. The van der Waals surface area contributed by atoms with Crippen molar-refractivity contribution in [1.82, 2.24) is 15.2 Å². The Balaban J connectivity index is 2.25. The van der Waals surface area contributed by atoms with Crippen LogP contribution in [0.5, 0.6) is 0 Å². The highest BCUT2D eigenvalue weighted by atomic mass is 16.3. The summed E-state index contributed by atoms with van der Waals surface area (Å²) in [6.07, 6.45) is 1.43. The molecule has 0 radical (unpaired) electrons. The maximum atomic E-state index is 5.80. The van der Waals surface area contributed by atoms with Crippen molar-refractivity contribution in [2.45, 2.75) is 6.92 Å². The van der Waals surface area contributed by atoms with Gasteiger partial charge in [-0.2, -0.15) is 5.10 Å². The summed E-state index contributed by atoms with van der Waals surface area (Å²) in [4.78, 5) is 4.06. The third kappa shape index (κ3) is 1.18. The molecule has 3 N–H and O–H groups in total. The molecular formula is C11H10N4O. The molecular weight excluding hydrogens is 204 g/mol. The van der Waals surface area contributed by atoms with Gasteiger partial charge in [0.25, 0.3) is 0 Å². The van der Waals surface area contributed by atoms with Gasteiger partial charge in [-0.15, -0.1) is 0 Å². The topological polar surface area (TPSA) is 80.7 Å². The lowest BCUT2D eigenvalue weighted by Gasteiger charge is -2.00. The molecule has 0 aliphatic carbocycles. The van der Waals surface area contributed by atoms with Gasteiger partial charge in [0.05, 0.1) is 0 Å². The molecule has 0 aliphatic rings. The van der Waals surface area contributed by atoms with Crippen LogP contribution < -0.4 is 5.73 Å². The number of nitrogen functional groups attached to an aromatic ring is 1. The van der Waals surface area contributed by atoms with Crippen molar-refractivity contribution in [2.24, 2.45) is 0 Å². The van der Waals surface area contributed by atoms with Crippen molar-refractivity contribution < 1.29 is 4.42 Å². The van der Waals surface area contributed by atoms with E-state index in [1.54, 1.807) is 0 Å². The third-order valence-electron chi connectivity index (χ3n) is 2.60. The van der Waals surface area contributed by atoms with Crippen LogP contribution >= 0.6 is 0 Å². The smallest absolute Gasteiger partial charge is 0.181 e. The van der Waals surface area contributed by atoms with Crippen molar-refractivity contribution in [3.8, 4) is 11.1 Å². The summed E-state index contributed by atoms with van der Waals surface area (Å²) in [6, 6.07) is 5.77. The number of H-pyrrole nitrogens is 1. The molecule has 16 heavy (non-hydrogen) atoms. The summed E-state index contributed by atoms with van der Waals surface area (Å²) < 4.78 is 5.25. The number of aromatic nitrogens is 3. The summed E-state index contributed by atoms with van der Waals surface area (Å²) in [7, 11) is 0. The van der Waals surface area contributed by atoms with E-state index in [0.29, 0.717) is 5.82 Å². The Morgan fingerprint density at radius 1 is 1.38 bits per heavy atom. The van der Waals surface area contributed by atoms with E-state index in [9.17, 15) is 0 Å². The SMILES string of the molecule is Cc1[nH]nc(N)c1-c1ccc2ncoc2c1. The molecule has 0 atom stereocenters. The summed E-state index contributed by atoms with van der Waals surface area (Å²) >= 11 is 0. The first kappa shape index (κ1) is 8.96. The van der Waals surface area contributed by atoms with Crippen LogP contribution in [-0.2, 0) is 0 Å². The van der Waals surface area contributed by atoms with Gasteiger partial charge in [-0.3, -0.25) is 5.10 Å². The Hall–Kier alpha value is -2.30. The molecule has 1 aromatic carbocycles. The lowest BCUT2D eigenvalue weighted by Crippen LogP contribution is -1.88. The second-order valence-corrected chi connectivity index (χ2v) is 3.64. The quantitative estimate of drug-likeness (QED) is 0.650. The molecule has 2 aromatic heterocycles. The zero-order valence-electron chi connectivity index (χ0n) is 8.69. The predicted octanol–water partition coefficient (Wildman–Crippen LogP) is 2.11. The summed E-state index contributed by atoms with van der Waals surface area (Å²) in [5.41, 5.74) is 10.2. The zero-order chi connectivity index (χ0) is 11.1. The predicted molar refractivity (Wildman–Crippen MR) is 60.7 cm³/mol. The Labute approximate surface area is 91.3 Å². The lowest BCUT2D eigenvalue weighted by molar-refractivity contribution is 0.602. The monoisotopic (exact) mass is 214 g/mol. The van der Waals surface area contributed by atoms with Gasteiger partial charge in [0.15, 0.2) is 17.8 Å². The number of anilines is 1. The fourth-order valence-electron chi connectivity index (χ4n) is 1.82. The normalized spacial score (nSPS) is 11.1. The van der Waals surface area contributed by atoms with Crippen LogP contribution in [0.4, 0.5) is 5.82 Å². The van der Waals surface area contributed by atoms with Crippen molar-refractivity contribution >= 4 is 16.9 Å². The summed E-state index contributed by atoms with van der Waals surface area (Å²) in [5, 5.41) is 6.82. The number of aryl methyl sites for hydroxylation is 1. The molecule has 3 rings (SSSR count). The molecule has 80 valence electrons. The lowest BCUT2D eigenvalue weighted by atomic mass is 10.1. The molecule has 5 heteroatoms. The molecule has 0 spiro atoms. The molecule has 2 heterocycles.